The second-order valence-electron chi connectivity index (χ2n) is 4.82. The van der Waals surface area contributed by atoms with E-state index in [1.54, 1.807) is 18.3 Å². The van der Waals surface area contributed by atoms with Crippen LogP contribution < -0.4 is 10.9 Å². The zero-order chi connectivity index (χ0) is 13.2. The standard InChI is InChI=1S/C14H15N3O2/c18-13-6-3-9-8-10(4-5-11(9)17-13)16-14(19)12-2-1-7-15-12/h1-3,6-7,10,15H,4-5,8H2,(H,16,19)(H,17,18)/t10-/m0/s1. The number of carbonyl (C=O) groups excluding carboxylic acids is 1. The number of aromatic nitrogens is 2. The molecule has 3 rings (SSSR count). The van der Waals surface area contributed by atoms with Crippen molar-refractivity contribution >= 4 is 5.91 Å². The molecule has 1 atom stereocenters. The van der Waals surface area contributed by atoms with Crippen molar-refractivity contribution in [1.29, 1.82) is 0 Å². The zero-order valence-electron chi connectivity index (χ0n) is 10.4. The van der Waals surface area contributed by atoms with Crippen LogP contribution in [0.15, 0.2) is 35.3 Å². The lowest BCUT2D eigenvalue weighted by Crippen LogP contribution is -2.39. The Balaban J connectivity index is 1.71. The van der Waals surface area contributed by atoms with Gasteiger partial charge >= 0.3 is 0 Å². The van der Waals surface area contributed by atoms with E-state index in [1.165, 1.54) is 6.07 Å². The minimum absolute atomic E-state index is 0.0624. The number of hydrogen-bond donors (Lipinski definition) is 3. The van der Waals surface area contributed by atoms with Crippen molar-refractivity contribution in [3.8, 4) is 0 Å². The Kier molecular flexibility index (Phi) is 2.95. The van der Waals surface area contributed by atoms with Crippen LogP contribution in [0.4, 0.5) is 0 Å². The van der Waals surface area contributed by atoms with Crippen molar-refractivity contribution < 1.29 is 4.79 Å². The lowest BCUT2D eigenvalue weighted by molar-refractivity contribution is 0.0929. The molecule has 0 aliphatic heterocycles. The SMILES string of the molecule is O=C(N[C@H]1CCc2[nH]c(=O)ccc2C1)c1ccc[nH]1. The summed E-state index contributed by atoms with van der Waals surface area (Å²) in [5.74, 6) is -0.0807. The van der Waals surface area contributed by atoms with Crippen LogP contribution in [0.3, 0.4) is 0 Å². The molecule has 1 amide bonds. The summed E-state index contributed by atoms with van der Waals surface area (Å²) >= 11 is 0. The van der Waals surface area contributed by atoms with Gasteiger partial charge in [0.1, 0.15) is 5.69 Å². The number of fused-ring (bicyclic) bond motifs is 1. The Hall–Kier alpha value is -2.30. The number of pyridine rings is 1. The summed E-state index contributed by atoms with van der Waals surface area (Å²) in [7, 11) is 0. The Morgan fingerprint density at radius 2 is 2.21 bits per heavy atom. The summed E-state index contributed by atoms with van der Waals surface area (Å²) in [6.45, 7) is 0. The van der Waals surface area contributed by atoms with Crippen LogP contribution in [0.2, 0.25) is 0 Å². The van der Waals surface area contributed by atoms with Crippen LogP contribution in [0.5, 0.6) is 0 Å². The molecule has 5 heteroatoms. The first-order valence-corrected chi connectivity index (χ1v) is 6.38. The summed E-state index contributed by atoms with van der Waals surface area (Å²) < 4.78 is 0. The van der Waals surface area contributed by atoms with Crippen molar-refractivity contribution in [2.75, 3.05) is 0 Å². The van der Waals surface area contributed by atoms with Crippen LogP contribution in [0.1, 0.15) is 28.2 Å². The Labute approximate surface area is 110 Å². The summed E-state index contributed by atoms with van der Waals surface area (Å²) in [5, 5.41) is 3.01. The van der Waals surface area contributed by atoms with E-state index in [2.05, 4.69) is 15.3 Å². The Morgan fingerprint density at radius 3 is 3.00 bits per heavy atom. The molecule has 0 bridgehead atoms. The predicted octanol–water partition coefficient (Wildman–Crippen LogP) is 0.990. The summed E-state index contributed by atoms with van der Waals surface area (Å²) in [6.07, 6.45) is 4.13. The maximum absolute atomic E-state index is 11.9. The smallest absolute Gasteiger partial charge is 0.267 e. The zero-order valence-corrected chi connectivity index (χ0v) is 10.4. The molecular formula is C14H15N3O2. The quantitative estimate of drug-likeness (QED) is 0.750. The maximum atomic E-state index is 11.9. The number of aryl methyl sites for hydroxylation is 1. The molecule has 0 fully saturated rings. The first kappa shape index (κ1) is 11.8. The minimum Gasteiger partial charge on any atom is -0.357 e. The Bertz CT molecular complexity index is 643. The summed E-state index contributed by atoms with van der Waals surface area (Å²) in [4.78, 5) is 28.9. The van der Waals surface area contributed by atoms with Crippen molar-refractivity contribution in [1.82, 2.24) is 15.3 Å². The fraction of sp³-hybridized carbons (Fsp3) is 0.286. The number of rotatable bonds is 2. The third kappa shape index (κ3) is 2.45. The highest BCUT2D eigenvalue weighted by Crippen LogP contribution is 2.18. The number of carbonyl (C=O) groups is 1. The van der Waals surface area contributed by atoms with Crippen LogP contribution in [-0.4, -0.2) is 21.9 Å². The van der Waals surface area contributed by atoms with E-state index in [9.17, 15) is 9.59 Å². The molecule has 5 nitrogen and oxygen atoms in total. The molecule has 2 aromatic rings. The molecule has 0 radical (unpaired) electrons. The second-order valence-corrected chi connectivity index (χ2v) is 4.82. The molecule has 0 unspecified atom stereocenters. The van der Waals surface area contributed by atoms with Gasteiger partial charge in [0, 0.05) is 24.0 Å². The Morgan fingerprint density at radius 1 is 1.32 bits per heavy atom. The van der Waals surface area contributed by atoms with Gasteiger partial charge in [0.15, 0.2) is 0 Å². The second kappa shape index (κ2) is 4.76. The van der Waals surface area contributed by atoms with Gasteiger partial charge in [0.2, 0.25) is 5.56 Å². The highest BCUT2D eigenvalue weighted by molar-refractivity contribution is 5.92. The van der Waals surface area contributed by atoms with Crippen molar-refractivity contribution in [3.63, 3.8) is 0 Å². The highest BCUT2D eigenvalue weighted by Gasteiger charge is 2.21. The van der Waals surface area contributed by atoms with E-state index < -0.39 is 0 Å². The van der Waals surface area contributed by atoms with E-state index in [1.807, 2.05) is 6.07 Å². The van der Waals surface area contributed by atoms with E-state index in [4.69, 9.17) is 0 Å². The lowest BCUT2D eigenvalue weighted by atomic mass is 9.92. The van der Waals surface area contributed by atoms with Crippen LogP contribution in [0, 0.1) is 0 Å². The molecule has 2 heterocycles. The number of aromatic amines is 2. The van der Waals surface area contributed by atoms with Crippen molar-refractivity contribution in [2.45, 2.75) is 25.3 Å². The monoisotopic (exact) mass is 257 g/mol. The molecule has 0 spiro atoms. The van der Waals surface area contributed by atoms with Gasteiger partial charge in [-0.3, -0.25) is 9.59 Å². The van der Waals surface area contributed by atoms with Gasteiger partial charge in [-0.15, -0.1) is 0 Å². The molecule has 1 aliphatic carbocycles. The molecule has 19 heavy (non-hydrogen) atoms. The van der Waals surface area contributed by atoms with Crippen LogP contribution >= 0.6 is 0 Å². The van der Waals surface area contributed by atoms with E-state index in [0.717, 1.165) is 30.5 Å². The maximum Gasteiger partial charge on any atom is 0.267 e. The summed E-state index contributed by atoms with van der Waals surface area (Å²) in [5.41, 5.74) is 2.63. The van der Waals surface area contributed by atoms with Gasteiger partial charge in [-0.25, -0.2) is 0 Å². The number of hydrogen-bond acceptors (Lipinski definition) is 2. The fourth-order valence-corrected chi connectivity index (χ4v) is 2.51. The largest absolute Gasteiger partial charge is 0.357 e. The molecular weight excluding hydrogens is 242 g/mol. The minimum atomic E-state index is -0.0807. The van der Waals surface area contributed by atoms with Crippen molar-refractivity contribution in [2.24, 2.45) is 0 Å². The lowest BCUT2D eigenvalue weighted by Gasteiger charge is -2.24. The average molecular weight is 257 g/mol. The normalized spacial score (nSPS) is 17.8. The molecule has 0 aromatic carbocycles. The molecule has 1 aliphatic rings. The van der Waals surface area contributed by atoms with Crippen LogP contribution in [-0.2, 0) is 12.8 Å². The fourth-order valence-electron chi connectivity index (χ4n) is 2.51. The van der Waals surface area contributed by atoms with E-state index in [0.29, 0.717) is 5.69 Å². The third-order valence-electron chi connectivity index (χ3n) is 3.48. The van der Waals surface area contributed by atoms with Gasteiger partial charge in [-0.05, 0) is 37.0 Å². The first-order chi connectivity index (χ1) is 9.22. The molecule has 2 aromatic heterocycles. The molecule has 98 valence electrons. The highest BCUT2D eigenvalue weighted by atomic mass is 16.2. The van der Waals surface area contributed by atoms with Crippen LogP contribution in [0.25, 0.3) is 0 Å². The van der Waals surface area contributed by atoms with Crippen molar-refractivity contribution in [3.05, 3.63) is 57.8 Å². The van der Waals surface area contributed by atoms with Gasteiger partial charge in [-0.2, -0.15) is 0 Å². The van der Waals surface area contributed by atoms with E-state index >= 15 is 0 Å². The molecule has 3 N–H and O–H groups in total. The predicted molar refractivity (Wildman–Crippen MR) is 71.1 cm³/mol. The summed E-state index contributed by atoms with van der Waals surface area (Å²) in [6, 6.07) is 7.06. The van der Waals surface area contributed by atoms with Gasteiger partial charge in [0.25, 0.3) is 5.91 Å². The van der Waals surface area contributed by atoms with E-state index in [-0.39, 0.29) is 17.5 Å². The third-order valence-corrected chi connectivity index (χ3v) is 3.48. The topological polar surface area (TPSA) is 77.8 Å². The molecule has 0 saturated heterocycles. The van der Waals surface area contributed by atoms with Gasteiger partial charge in [0.05, 0.1) is 0 Å². The number of H-pyrrole nitrogens is 2. The number of nitrogens with one attached hydrogen (secondary N) is 3. The molecule has 0 saturated carbocycles. The van der Waals surface area contributed by atoms with Gasteiger partial charge < -0.3 is 15.3 Å². The first-order valence-electron chi connectivity index (χ1n) is 6.38. The number of amides is 1. The van der Waals surface area contributed by atoms with Gasteiger partial charge in [-0.1, -0.05) is 6.07 Å². The average Bonchev–Trinajstić information content (AvgIpc) is 2.93.